The largest absolute Gasteiger partial charge is 0.497 e. The van der Waals surface area contributed by atoms with E-state index in [1.807, 2.05) is 18.2 Å². The summed E-state index contributed by atoms with van der Waals surface area (Å²) < 4.78 is 13.1. The lowest BCUT2D eigenvalue weighted by atomic mass is 9.70. The smallest absolute Gasteiger partial charge is 0.254 e. The monoisotopic (exact) mass is 364 g/mol. The Kier molecular flexibility index (Phi) is 3.19. The number of benzene rings is 1. The van der Waals surface area contributed by atoms with Gasteiger partial charge in [-0.1, -0.05) is 20.8 Å². The topological polar surface area (TPSA) is 61.5 Å². The van der Waals surface area contributed by atoms with Gasteiger partial charge in [0, 0.05) is 23.1 Å². The first-order valence-electron chi connectivity index (χ1n) is 9.39. The van der Waals surface area contributed by atoms with Crippen LogP contribution in [0.4, 0.5) is 0 Å². The second-order valence-corrected chi connectivity index (χ2v) is 8.44. The van der Waals surface area contributed by atoms with Crippen LogP contribution in [0.1, 0.15) is 50.9 Å². The quantitative estimate of drug-likeness (QED) is 0.703. The fourth-order valence-corrected chi connectivity index (χ4v) is 5.20. The van der Waals surface area contributed by atoms with E-state index >= 15 is 0 Å². The van der Waals surface area contributed by atoms with Gasteiger partial charge in [-0.15, -0.1) is 10.2 Å². The molecule has 6 nitrogen and oxygen atoms in total. The number of ether oxygens (including phenoxy) is 2. The Morgan fingerprint density at radius 3 is 2.67 bits per heavy atom. The third-order valence-corrected chi connectivity index (χ3v) is 7.18. The van der Waals surface area contributed by atoms with Crippen LogP contribution in [0.5, 0.6) is 11.5 Å². The summed E-state index contributed by atoms with van der Waals surface area (Å²) in [5.41, 5.74) is 4.38. The maximum absolute atomic E-state index is 5.55. The number of hydrogen-bond acceptors (Lipinski definition) is 5. The molecule has 1 fully saturated rings. The molecule has 2 heterocycles. The molecule has 27 heavy (non-hydrogen) atoms. The lowest BCUT2D eigenvalue weighted by Crippen LogP contribution is -2.32. The second-order valence-electron chi connectivity index (χ2n) is 8.44. The number of aromatic nitrogens is 4. The molecule has 140 valence electrons. The van der Waals surface area contributed by atoms with Gasteiger partial charge in [0.05, 0.1) is 31.3 Å². The maximum Gasteiger partial charge on any atom is 0.254 e. The number of rotatable bonds is 3. The van der Waals surface area contributed by atoms with Gasteiger partial charge in [0.25, 0.3) is 5.78 Å². The molecule has 5 rings (SSSR count). The van der Waals surface area contributed by atoms with Gasteiger partial charge >= 0.3 is 0 Å². The molecular formula is C21H24N4O2. The summed E-state index contributed by atoms with van der Waals surface area (Å²) in [6.07, 6.45) is 4.43. The Morgan fingerprint density at radius 2 is 1.93 bits per heavy atom. The number of fused-ring (bicyclic) bond motifs is 7. The van der Waals surface area contributed by atoms with Crippen molar-refractivity contribution in [1.29, 1.82) is 0 Å². The van der Waals surface area contributed by atoms with Crippen molar-refractivity contribution in [2.24, 2.45) is 5.41 Å². The third kappa shape index (κ3) is 1.93. The normalized spacial score (nSPS) is 25.0. The summed E-state index contributed by atoms with van der Waals surface area (Å²) in [6, 6.07) is 5.74. The Morgan fingerprint density at radius 1 is 1.11 bits per heavy atom. The molecule has 6 heteroatoms. The third-order valence-electron chi connectivity index (χ3n) is 7.18. The molecule has 0 N–H and O–H groups in total. The molecule has 2 unspecified atom stereocenters. The van der Waals surface area contributed by atoms with Crippen LogP contribution in [0.25, 0.3) is 17.0 Å². The molecule has 2 aliphatic rings. The molecule has 0 saturated heterocycles. The van der Waals surface area contributed by atoms with Crippen molar-refractivity contribution in [2.75, 3.05) is 14.2 Å². The van der Waals surface area contributed by atoms with Gasteiger partial charge in [-0.2, -0.15) is 0 Å². The van der Waals surface area contributed by atoms with Crippen molar-refractivity contribution in [3.63, 3.8) is 0 Å². The summed E-state index contributed by atoms with van der Waals surface area (Å²) in [6.45, 7) is 7.09. The second kappa shape index (κ2) is 5.21. The van der Waals surface area contributed by atoms with E-state index in [0.717, 1.165) is 28.5 Å². The van der Waals surface area contributed by atoms with Gasteiger partial charge in [0.1, 0.15) is 11.5 Å². The highest BCUT2D eigenvalue weighted by Gasteiger charge is 2.61. The molecule has 2 bridgehead atoms. The van der Waals surface area contributed by atoms with Gasteiger partial charge in [0.15, 0.2) is 0 Å². The van der Waals surface area contributed by atoms with Crippen molar-refractivity contribution in [1.82, 2.24) is 19.6 Å². The van der Waals surface area contributed by atoms with E-state index in [4.69, 9.17) is 14.5 Å². The number of hydrogen-bond donors (Lipinski definition) is 0. The first kappa shape index (κ1) is 16.5. The maximum atomic E-state index is 5.55. The van der Waals surface area contributed by atoms with Gasteiger partial charge in [-0.05, 0) is 36.5 Å². The number of methoxy groups -OCH3 is 2. The summed E-state index contributed by atoms with van der Waals surface area (Å²) in [5, 5.41) is 9.05. The van der Waals surface area contributed by atoms with Gasteiger partial charge in [-0.25, -0.2) is 4.98 Å². The van der Waals surface area contributed by atoms with E-state index in [2.05, 4.69) is 41.6 Å². The van der Waals surface area contributed by atoms with Crippen LogP contribution in [0, 0.1) is 5.41 Å². The minimum Gasteiger partial charge on any atom is -0.497 e. The van der Waals surface area contributed by atoms with Crippen LogP contribution in [0.15, 0.2) is 24.4 Å². The van der Waals surface area contributed by atoms with Gasteiger partial charge in [0.2, 0.25) is 0 Å². The molecule has 2 aromatic heterocycles. The highest BCUT2D eigenvalue weighted by atomic mass is 16.5. The Hall–Kier alpha value is -2.63. The zero-order valence-corrected chi connectivity index (χ0v) is 16.4. The summed E-state index contributed by atoms with van der Waals surface area (Å²) >= 11 is 0. The molecule has 1 aromatic carbocycles. The van der Waals surface area contributed by atoms with E-state index in [0.29, 0.717) is 11.7 Å². The first-order chi connectivity index (χ1) is 12.9. The predicted molar refractivity (Wildman–Crippen MR) is 102 cm³/mol. The van der Waals surface area contributed by atoms with Crippen LogP contribution < -0.4 is 9.47 Å². The summed E-state index contributed by atoms with van der Waals surface area (Å²) in [4.78, 5) is 4.76. The lowest BCUT2D eigenvalue weighted by molar-refractivity contribution is 0.225. The standard InChI is InChI=1S/C21H24N4O2/c1-20(2)14-8-9-21(20,3)18-17(14)23-24-19-22-15(11-25(18)19)13-10-12(26-4)6-7-16(13)27-5/h6-7,10-11,14H,8-9H2,1-5H3. The SMILES string of the molecule is COc1ccc(OC)c(-c2cn3c4c(nnc3n2)C2CCC4(C)C2(C)C)c1. The van der Waals surface area contributed by atoms with E-state index in [9.17, 15) is 0 Å². The lowest BCUT2D eigenvalue weighted by Gasteiger charge is -2.34. The zero-order valence-electron chi connectivity index (χ0n) is 16.4. The van der Waals surface area contributed by atoms with Crippen LogP contribution in [0.3, 0.4) is 0 Å². The van der Waals surface area contributed by atoms with E-state index in [1.54, 1.807) is 14.2 Å². The number of imidazole rings is 1. The van der Waals surface area contributed by atoms with Crippen molar-refractivity contribution < 1.29 is 9.47 Å². The molecule has 0 spiro atoms. The highest BCUT2D eigenvalue weighted by molar-refractivity contribution is 5.70. The zero-order chi connectivity index (χ0) is 19.0. The van der Waals surface area contributed by atoms with Crippen molar-refractivity contribution in [3.05, 3.63) is 35.8 Å². The number of nitrogens with zero attached hydrogens (tertiary/aromatic N) is 4. The van der Waals surface area contributed by atoms with Crippen LogP contribution in [-0.4, -0.2) is 33.8 Å². The average molecular weight is 364 g/mol. The summed E-state index contributed by atoms with van der Waals surface area (Å²) in [5.74, 6) is 2.63. The molecule has 2 aliphatic carbocycles. The van der Waals surface area contributed by atoms with Crippen LogP contribution >= 0.6 is 0 Å². The Bertz CT molecular complexity index is 1070. The van der Waals surface area contributed by atoms with Gasteiger partial charge in [-0.3, -0.25) is 4.40 Å². The van der Waals surface area contributed by atoms with Crippen molar-refractivity contribution in [2.45, 2.75) is 44.9 Å². The minimum atomic E-state index is 0.0810. The van der Waals surface area contributed by atoms with E-state index in [-0.39, 0.29) is 10.8 Å². The van der Waals surface area contributed by atoms with Crippen molar-refractivity contribution in [3.8, 4) is 22.8 Å². The Balaban J connectivity index is 1.75. The van der Waals surface area contributed by atoms with E-state index in [1.165, 1.54) is 18.5 Å². The van der Waals surface area contributed by atoms with Crippen LogP contribution in [-0.2, 0) is 5.41 Å². The first-order valence-corrected chi connectivity index (χ1v) is 9.39. The molecule has 0 radical (unpaired) electrons. The molecule has 0 amide bonds. The average Bonchev–Trinajstić information content (AvgIpc) is 3.25. The van der Waals surface area contributed by atoms with Gasteiger partial charge < -0.3 is 9.47 Å². The predicted octanol–water partition coefficient (Wildman–Crippen LogP) is 3.98. The van der Waals surface area contributed by atoms with Crippen molar-refractivity contribution >= 4 is 5.78 Å². The summed E-state index contributed by atoms with van der Waals surface area (Å²) in [7, 11) is 3.33. The molecule has 0 aliphatic heterocycles. The highest BCUT2D eigenvalue weighted by Crippen LogP contribution is 2.66. The minimum absolute atomic E-state index is 0.0810. The molecule has 1 saturated carbocycles. The fraction of sp³-hybridized carbons (Fsp3) is 0.476. The molecule has 2 atom stereocenters. The molecule has 3 aromatic rings. The Labute approximate surface area is 158 Å². The molecular weight excluding hydrogens is 340 g/mol. The van der Waals surface area contributed by atoms with E-state index < -0.39 is 0 Å². The fourth-order valence-electron chi connectivity index (χ4n) is 5.20. The van der Waals surface area contributed by atoms with Crippen LogP contribution in [0.2, 0.25) is 0 Å².